The van der Waals surface area contributed by atoms with Gasteiger partial charge in [-0.15, -0.1) is 0 Å². The summed E-state index contributed by atoms with van der Waals surface area (Å²) in [6.07, 6.45) is 2.53. The summed E-state index contributed by atoms with van der Waals surface area (Å²) in [5, 5.41) is 3.49. The van der Waals surface area contributed by atoms with Crippen molar-refractivity contribution in [3.05, 3.63) is 29.3 Å². The van der Waals surface area contributed by atoms with Crippen LogP contribution in [0.4, 0.5) is 0 Å². The Morgan fingerprint density at radius 3 is 2.85 bits per heavy atom. The molecule has 1 aliphatic carbocycles. The number of amides is 1. The number of ether oxygens (including phenoxy) is 1. The summed E-state index contributed by atoms with van der Waals surface area (Å²) >= 11 is 0. The van der Waals surface area contributed by atoms with E-state index in [-0.39, 0.29) is 12.5 Å². The van der Waals surface area contributed by atoms with E-state index in [1.54, 1.807) is 11.9 Å². The number of aryl methyl sites for hydroxylation is 1. The molecule has 1 aromatic carbocycles. The van der Waals surface area contributed by atoms with Gasteiger partial charge in [0.15, 0.2) is 6.61 Å². The topological polar surface area (TPSA) is 41.6 Å². The Kier molecular flexibility index (Phi) is 5.01. The fraction of sp³-hybridized carbons (Fsp3) is 0.562. The highest BCUT2D eigenvalue weighted by Crippen LogP contribution is 2.25. The lowest BCUT2D eigenvalue weighted by molar-refractivity contribution is -0.131. The van der Waals surface area contributed by atoms with E-state index < -0.39 is 0 Å². The van der Waals surface area contributed by atoms with Gasteiger partial charge in [0.1, 0.15) is 5.75 Å². The monoisotopic (exact) mass is 276 g/mol. The minimum Gasteiger partial charge on any atom is -0.483 e. The zero-order valence-corrected chi connectivity index (χ0v) is 12.6. The van der Waals surface area contributed by atoms with Crippen LogP contribution in [-0.2, 0) is 11.3 Å². The Bertz CT molecular complexity index is 470. The summed E-state index contributed by atoms with van der Waals surface area (Å²) < 4.78 is 5.77. The van der Waals surface area contributed by atoms with Gasteiger partial charge in [0.2, 0.25) is 0 Å². The number of nitrogens with zero attached hydrogens (tertiary/aromatic N) is 1. The maximum absolute atomic E-state index is 11.8. The van der Waals surface area contributed by atoms with Crippen LogP contribution in [0.1, 0.15) is 30.9 Å². The van der Waals surface area contributed by atoms with Crippen molar-refractivity contribution in [2.45, 2.75) is 39.3 Å². The number of hydrogen-bond acceptors (Lipinski definition) is 3. The predicted octanol–water partition coefficient (Wildman–Crippen LogP) is 2.10. The van der Waals surface area contributed by atoms with Crippen molar-refractivity contribution in [3.8, 4) is 5.75 Å². The molecule has 0 bridgehead atoms. The quantitative estimate of drug-likeness (QED) is 0.829. The molecule has 1 aromatic rings. The van der Waals surface area contributed by atoms with E-state index in [1.165, 1.54) is 12.8 Å². The number of benzene rings is 1. The van der Waals surface area contributed by atoms with Gasteiger partial charge in [-0.3, -0.25) is 4.79 Å². The van der Waals surface area contributed by atoms with Crippen LogP contribution in [0, 0.1) is 6.92 Å². The van der Waals surface area contributed by atoms with Crippen LogP contribution < -0.4 is 10.1 Å². The Morgan fingerprint density at radius 2 is 2.20 bits per heavy atom. The second-order valence-electron chi connectivity index (χ2n) is 5.41. The van der Waals surface area contributed by atoms with Crippen LogP contribution in [0.3, 0.4) is 0 Å². The molecule has 0 spiro atoms. The normalized spacial score (nSPS) is 14.2. The number of nitrogens with one attached hydrogen (secondary N) is 1. The fourth-order valence-corrected chi connectivity index (χ4v) is 2.02. The molecule has 0 aromatic heterocycles. The SMILES string of the molecule is CCN(C)C(=O)COc1c(C)cccc1CNC1CC1. The van der Waals surface area contributed by atoms with Crippen molar-refractivity contribution in [3.63, 3.8) is 0 Å². The molecule has 110 valence electrons. The third-order valence-corrected chi connectivity index (χ3v) is 3.69. The van der Waals surface area contributed by atoms with Crippen molar-refractivity contribution in [1.29, 1.82) is 0 Å². The van der Waals surface area contributed by atoms with E-state index in [0.29, 0.717) is 12.6 Å². The van der Waals surface area contributed by atoms with Crippen LogP contribution in [0.5, 0.6) is 5.75 Å². The second-order valence-corrected chi connectivity index (χ2v) is 5.41. The van der Waals surface area contributed by atoms with Crippen LogP contribution in [0.25, 0.3) is 0 Å². The molecule has 0 unspecified atom stereocenters. The molecule has 0 radical (unpaired) electrons. The summed E-state index contributed by atoms with van der Waals surface area (Å²) in [7, 11) is 1.79. The second kappa shape index (κ2) is 6.75. The summed E-state index contributed by atoms with van der Waals surface area (Å²) in [6.45, 7) is 5.58. The van der Waals surface area contributed by atoms with Gasteiger partial charge in [0.25, 0.3) is 5.91 Å². The van der Waals surface area contributed by atoms with Crippen molar-refractivity contribution in [2.75, 3.05) is 20.2 Å². The molecular weight excluding hydrogens is 252 g/mol. The molecule has 4 nitrogen and oxygen atoms in total. The predicted molar refractivity (Wildman–Crippen MR) is 79.8 cm³/mol. The van der Waals surface area contributed by atoms with E-state index in [1.807, 2.05) is 26.0 Å². The van der Waals surface area contributed by atoms with Crippen molar-refractivity contribution in [2.24, 2.45) is 0 Å². The smallest absolute Gasteiger partial charge is 0.260 e. The number of carbonyl (C=O) groups is 1. The van der Waals surface area contributed by atoms with E-state index in [2.05, 4.69) is 11.4 Å². The van der Waals surface area contributed by atoms with Gasteiger partial charge < -0.3 is 15.0 Å². The molecule has 0 aliphatic heterocycles. The Balaban J connectivity index is 1.99. The molecular formula is C16H24N2O2. The number of hydrogen-bond donors (Lipinski definition) is 1. The van der Waals surface area contributed by atoms with Gasteiger partial charge in [-0.2, -0.15) is 0 Å². The highest BCUT2D eigenvalue weighted by atomic mass is 16.5. The van der Waals surface area contributed by atoms with Crippen LogP contribution in [0.2, 0.25) is 0 Å². The largest absolute Gasteiger partial charge is 0.483 e. The number of likely N-dealkylation sites (N-methyl/N-ethyl adjacent to an activating group) is 1. The summed E-state index contributed by atoms with van der Waals surface area (Å²) in [5.74, 6) is 0.857. The molecule has 4 heteroatoms. The summed E-state index contributed by atoms with van der Waals surface area (Å²) in [5.41, 5.74) is 2.20. The lowest BCUT2D eigenvalue weighted by atomic mass is 10.1. The van der Waals surface area contributed by atoms with Gasteiger partial charge in [-0.25, -0.2) is 0 Å². The first-order valence-corrected chi connectivity index (χ1v) is 7.30. The highest BCUT2D eigenvalue weighted by molar-refractivity contribution is 5.77. The van der Waals surface area contributed by atoms with E-state index >= 15 is 0 Å². The van der Waals surface area contributed by atoms with Crippen molar-refractivity contribution < 1.29 is 9.53 Å². The Hall–Kier alpha value is -1.55. The van der Waals surface area contributed by atoms with Gasteiger partial charge in [0, 0.05) is 31.7 Å². The van der Waals surface area contributed by atoms with Crippen molar-refractivity contribution >= 4 is 5.91 Å². The third kappa shape index (κ3) is 3.97. The third-order valence-electron chi connectivity index (χ3n) is 3.69. The first-order valence-electron chi connectivity index (χ1n) is 7.30. The molecule has 1 fully saturated rings. The maximum Gasteiger partial charge on any atom is 0.260 e. The fourth-order valence-electron chi connectivity index (χ4n) is 2.02. The zero-order valence-electron chi connectivity index (χ0n) is 12.6. The summed E-state index contributed by atoms with van der Waals surface area (Å²) in [4.78, 5) is 13.5. The van der Waals surface area contributed by atoms with Crippen molar-refractivity contribution in [1.82, 2.24) is 10.2 Å². The van der Waals surface area contributed by atoms with Gasteiger partial charge in [-0.05, 0) is 32.3 Å². The number of carbonyl (C=O) groups excluding carboxylic acids is 1. The average Bonchev–Trinajstić information content (AvgIpc) is 3.27. The minimum atomic E-state index is 0.0110. The van der Waals surface area contributed by atoms with E-state index in [0.717, 1.165) is 23.4 Å². The van der Waals surface area contributed by atoms with Crippen LogP contribution in [0.15, 0.2) is 18.2 Å². The Labute approximate surface area is 121 Å². The highest BCUT2D eigenvalue weighted by Gasteiger charge is 2.21. The van der Waals surface area contributed by atoms with Crippen LogP contribution in [-0.4, -0.2) is 37.0 Å². The van der Waals surface area contributed by atoms with Gasteiger partial charge in [-0.1, -0.05) is 18.2 Å². The van der Waals surface area contributed by atoms with Gasteiger partial charge in [0.05, 0.1) is 0 Å². The minimum absolute atomic E-state index is 0.0110. The molecule has 20 heavy (non-hydrogen) atoms. The number of rotatable bonds is 7. The molecule has 0 saturated heterocycles. The first kappa shape index (κ1) is 14.9. The molecule has 1 N–H and O–H groups in total. The molecule has 0 heterocycles. The molecule has 0 atom stereocenters. The molecule has 2 rings (SSSR count). The lowest BCUT2D eigenvalue weighted by Gasteiger charge is -2.18. The number of para-hydroxylation sites is 1. The molecule has 1 saturated carbocycles. The molecule has 1 aliphatic rings. The van der Waals surface area contributed by atoms with Gasteiger partial charge >= 0.3 is 0 Å². The van der Waals surface area contributed by atoms with E-state index in [4.69, 9.17) is 4.74 Å². The standard InChI is InChI=1S/C16H24N2O2/c1-4-18(3)15(19)11-20-16-12(2)6-5-7-13(16)10-17-14-8-9-14/h5-7,14,17H,4,8-11H2,1-3H3. The molecule has 1 amide bonds. The zero-order chi connectivity index (χ0) is 14.5. The first-order chi connectivity index (χ1) is 9.61. The van der Waals surface area contributed by atoms with Crippen LogP contribution >= 0.6 is 0 Å². The van der Waals surface area contributed by atoms with E-state index in [9.17, 15) is 4.79 Å². The Morgan fingerprint density at radius 1 is 1.45 bits per heavy atom. The maximum atomic E-state index is 11.8. The average molecular weight is 276 g/mol. The lowest BCUT2D eigenvalue weighted by Crippen LogP contribution is -2.31. The summed E-state index contributed by atoms with van der Waals surface area (Å²) in [6, 6.07) is 6.78.